The lowest BCUT2D eigenvalue weighted by Crippen LogP contribution is -2.30. The standard InChI is InChI=1S/C12H21NO3Si/c1-7-13(10(2)11(3)14)12(15)16-8-9-17(4,5)6/h7H,1-2,8-9H2,3-6H3. The average Bonchev–Trinajstić information content (AvgIpc) is 2.16. The van der Waals surface area contributed by atoms with E-state index in [-0.39, 0.29) is 11.5 Å². The lowest BCUT2D eigenvalue weighted by Gasteiger charge is -2.20. The second-order valence-corrected chi connectivity index (χ2v) is 10.6. The number of carbonyl (C=O) groups excluding carboxylic acids is 2. The fourth-order valence-corrected chi connectivity index (χ4v) is 1.69. The fourth-order valence-electron chi connectivity index (χ4n) is 0.979. The van der Waals surface area contributed by atoms with Gasteiger partial charge in [-0.05, 0) is 6.04 Å². The van der Waals surface area contributed by atoms with Crippen LogP contribution in [0.25, 0.3) is 0 Å². The second kappa shape index (κ2) is 6.39. The van der Waals surface area contributed by atoms with Crippen LogP contribution in [0.4, 0.5) is 4.79 Å². The monoisotopic (exact) mass is 255 g/mol. The van der Waals surface area contributed by atoms with Crippen molar-refractivity contribution in [1.29, 1.82) is 0 Å². The number of ether oxygens (including phenoxy) is 1. The molecule has 4 nitrogen and oxygen atoms in total. The molecule has 0 spiro atoms. The van der Waals surface area contributed by atoms with E-state index in [0.29, 0.717) is 6.61 Å². The maximum absolute atomic E-state index is 11.6. The number of hydrogen-bond donors (Lipinski definition) is 0. The van der Waals surface area contributed by atoms with E-state index >= 15 is 0 Å². The Morgan fingerprint density at radius 2 is 1.88 bits per heavy atom. The highest BCUT2D eigenvalue weighted by molar-refractivity contribution is 6.76. The largest absolute Gasteiger partial charge is 0.449 e. The summed E-state index contributed by atoms with van der Waals surface area (Å²) in [4.78, 5) is 23.8. The number of amides is 1. The van der Waals surface area contributed by atoms with Gasteiger partial charge in [0.2, 0.25) is 0 Å². The van der Waals surface area contributed by atoms with Crippen LogP contribution in [-0.4, -0.2) is 31.5 Å². The number of Topliss-reactive ketones (excluding diaryl/α,β-unsaturated/α-hetero) is 1. The quantitative estimate of drug-likeness (QED) is 0.541. The molecule has 0 heterocycles. The molecule has 0 rings (SSSR count). The molecule has 17 heavy (non-hydrogen) atoms. The molecule has 0 aliphatic carbocycles. The van der Waals surface area contributed by atoms with E-state index in [1.54, 1.807) is 0 Å². The van der Waals surface area contributed by atoms with Crippen molar-refractivity contribution >= 4 is 20.0 Å². The first-order chi connectivity index (χ1) is 7.69. The molecule has 0 saturated carbocycles. The summed E-state index contributed by atoms with van der Waals surface area (Å²) in [5, 5.41) is 0. The zero-order valence-corrected chi connectivity index (χ0v) is 12.1. The van der Waals surface area contributed by atoms with Crippen molar-refractivity contribution in [2.24, 2.45) is 0 Å². The molecule has 0 aromatic heterocycles. The van der Waals surface area contributed by atoms with Crippen molar-refractivity contribution < 1.29 is 14.3 Å². The third-order valence-electron chi connectivity index (χ3n) is 2.15. The molecule has 0 saturated heterocycles. The van der Waals surface area contributed by atoms with Crippen molar-refractivity contribution in [1.82, 2.24) is 4.90 Å². The molecule has 0 aliphatic rings. The summed E-state index contributed by atoms with van der Waals surface area (Å²) in [6.45, 7) is 15.3. The molecule has 5 heteroatoms. The highest BCUT2D eigenvalue weighted by atomic mass is 28.3. The van der Waals surface area contributed by atoms with Crippen LogP contribution in [0.5, 0.6) is 0 Å². The van der Waals surface area contributed by atoms with Gasteiger partial charge in [-0.15, -0.1) is 0 Å². The van der Waals surface area contributed by atoms with Crippen molar-refractivity contribution in [3.63, 3.8) is 0 Å². The molecule has 0 atom stereocenters. The Bertz CT molecular complexity index is 331. The molecule has 96 valence electrons. The van der Waals surface area contributed by atoms with Gasteiger partial charge < -0.3 is 4.74 Å². The molecule has 0 N–H and O–H groups in total. The van der Waals surface area contributed by atoms with Crippen LogP contribution in [0.3, 0.4) is 0 Å². The number of rotatable bonds is 6. The predicted octanol–water partition coefficient (Wildman–Crippen LogP) is 3.01. The Hall–Kier alpha value is -1.36. The molecular weight excluding hydrogens is 234 g/mol. The molecule has 1 amide bonds. The normalized spacial score (nSPS) is 10.6. The van der Waals surface area contributed by atoms with Gasteiger partial charge in [0.15, 0.2) is 5.78 Å². The average molecular weight is 255 g/mol. The Kier molecular flexibility index (Phi) is 5.88. The van der Waals surface area contributed by atoms with E-state index in [9.17, 15) is 9.59 Å². The Morgan fingerprint density at radius 1 is 1.35 bits per heavy atom. The molecule has 0 aliphatic heterocycles. The van der Waals surface area contributed by atoms with Crippen molar-refractivity contribution in [3.05, 3.63) is 25.1 Å². The zero-order chi connectivity index (χ0) is 13.6. The van der Waals surface area contributed by atoms with Crippen LogP contribution in [0.2, 0.25) is 25.7 Å². The minimum absolute atomic E-state index is 0.0676. The first-order valence-corrected chi connectivity index (χ1v) is 9.18. The summed E-state index contributed by atoms with van der Waals surface area (Å²) < 4.78 is 5.08. The molecule has 0 fully saturated rings. The smallest absolute Gasteiger partial charge is 0.418 e. The van der Waals surface area contributed by atoms with Crippen LogP contribution in [0.1, 0.15) is 6.92 Å². The first kappa shape index (κ1) is 15.6. The van der Waals surface area contributed by atoms with Gasteiger partial charge in [0.1, 0.15) is 0 Å². The van der Waals surface area contributed by atoms with Gasteiger partial charge in [-0.3, -0.25) is 9.69 Å². The number of hydrogen-bond acceptors (Lipinski definition) is 3. The van der Waals surface area contributed by atoms with Crippen LogP contribution >= 0.6 is 0 Å². The maximum Gasteiger partial charge on any atom is 0.418 e. The third-order valence-corrected chi connectivity index (χ3v) is 3.86. The molecule has 0 bridgehead atoms. The minimum atomic E-state index is -1.23. The van der Waals surface area contributed by atoms with Crippen molar-refractivity contribution in [3.8, 4) is 0 Å². The van der Waals surface area contributed by atoms with Crippen LogP contribution < -0.4 is 0 Å². The van der Waals surface area contributed by atoms with E-state index in [1.807, 2.05) is 0 Å². The van der Waals surface area contributed by atoms with Crippen LogP contribution in [-0.2, 0) is 9.53 Å². The van der Waals surface area contributed by atoms with Crippen molar-refractivity contribution in [2.75, 3.05) is 6.61 Å². The molecule has 0 aromatic carbocycles. The topological polar surface area (TPSA) is 46.6 Å². The fraction of sp³-hybridized carbons (Fsp3) is 0.500. The van der Waals surface area contributed by atoms with Crippen molar-refractivity contribution in [2.45, 2.75) is 32.6 Å². The summed E-state index contributed by atoms with van der Waals surface area (Å²) in [6, 6.07) is 0.885. The Morgan fingerprint density at radius 3 is 2.24 bits per heavy atom. The van der Waals surface area contributed by atoms with Gasteiger partial charge in [0.25, 0.3) is 0 Å². The maximum atomic E-state index is 11.6. The number of ketones is 1. The van der Waals surface area contributed by atoms with E-state index in [4.69, 9.17) is 4.74 Å². The van der Waals surface area contributed by atoms with E-state index in [1.165, 1.54) is 13.1 Å². The molecule has 0 radical (unpaired) electrons. The van der Waals surface area contributed by atoms with E-state index in [2.05, 4.69) is 32.8 Å². The number of carbonyl (C=O) groups is 2. The molecule has 0 unspecified atom stereocenters. The predicted molar refractivity (Wildman–Crippen MR) is 71.4 cm³/mol. The summed E-state index contributed by atoms with van der Waals surface area (Å²) in [7, 11) is -1.23. The molecule has 0 aromatic rings. The first-order valence-electron chi connectivity index (χ1n) is 5.47. The Labute approximate surface area is 104 Å². The van der Waals surface area contributed by atoms with Gasteiger partial charge in [-0.1, -0.05) is 32.8 Å². The second-order valence-electron chi connectivity index (χ2n) is 4.98. The lowest BCUT2D eigenvalue weighted by molar-refractivity contribution is -0.114. The van der Waals surface area contributed by atoms with E-state index < -0.39 is 14.2 Å². The molecular formula is C12H21NO3Si. The van der Waals surface area contributed by atoms with Gasteiger partial charge in [-0.25, -0.2) is 4.79 Å². The van der Waals surface area contributed by atoms with Crippen LogP contribution in [0, 0.1) is 0 Å². The van der Waals surface area contributed by atoms with Gasteiger partial charge in [-0.2, -0.15) is 0 Å². The minimum Gasteiger partial charge on any atom is -0.449 e. The number of nitrogens with zero attached hydrogens (tertiary/aromatic N) is 1. The Balaban J connectivity index is 4.33. The third kappa shape index (κ3) is 6.06. The van der Waals surface area contributed by atoms with Gasteiger partial charge in [0.05, 0.1) is 12.3 Å². The highest BCUT2D eigenvalue weighted by Crippen LogP contribution is 2.10. The van der Waals surface area contributed by atoms with Gasteiger partial charge in [0, 0.05) is 21.2 Å². The summed E-state index contributed by atoms with van der Waals surface area (Å²) >= 11 is 0. The van der Waals surface area contributed by atoms with Gasteiger partial charge >= 0.3 is 6.09 Å². The SMILES string of the molecule is C=CN(C(=C)C(C)=O)C(=O)OCC[Si](C)(C)C. The summed E-state index contributed by atoms with van der Waals surface area (Å²) in [5.41, 5.74) is 0.0676. The van der Waals surface area contributed by atoms with E-state index in [0.717, 1.165) is 10.9 Å². The lowest BCUT2D eigenvalue weighted by atomic mass is 10.3. The summed E-state index contributed by atoms with van der Waals surface area (Å²) in [6.07, 6.45) is 0.638. The number of allylic oxidation sites excluding steroid dienone is 1. The zero-order valence-electron chi connectivity index (χ0n) is 11.1. The highest BCUT2D eigenvalue weighted by Gasteiger charge is 2.19. The summed E-state index contributed by atoms with van der Waals surface area (Å²) in [5.74, 6) is -0.285. The van der Waals surface area contributed by atoms with Crippen LogP contribution in [0.15, 0.2) is 25.1 Å².